The minimum Gasteiger partial charge on any atom is -0.462 e. The maximum atomic E-state index is 14.0. The highest BCUT2D eigenvalue weighted by molar-refractivity contribution is 6.30. The number of esters is 1. The molecule has 0 saturated carbocycles. The number of ether oxygens (including phenoxy) is 1. The first kappa shape index (κ1) is 26.8. The minimum atomic E-state index is -4.81. The van der Waals surface area contributed by atoms with Gasteiger partial charge in [0.2, 0.25) is 5.82 Å². The standard InChI is InChI=1S/C25H22ClF3N6O4/c26-17-7-8-20(31-11-17)35-21(25(27,28)29)18(12-32-35)23-33-22(34-39-23)15-5-3-14(4-6-15)19(36)13-38-24(37)16-2-1-9-30-10-16/h3-8,11-12,16,19,30,36H,1-2,9-10,13H2/t16?,19-/m1/s1. The van der Waals surface area contributed by atoms with Crippen LogP contribution in [0.2, 0.25) is 5.02 Å². The molecule has 1 saturated heterocycles. The van der Waals surface area contributed by atoms with Crippen LogP contribution in [0.1, 0.15) is 30.2 Å². The summed E-state index contributed by atoms with van der Waals surface area (Å²) in [5, 5.41) is 21.5. The van der Waals surface area contributed by atoms with Crippen LogP contribution >= 0.6 is 11.6 Å². The summed E-state index contributed by atoms with van der Waals surface area (Å²) in [7, 11) is 0. The summed E-state index contributed by atoms with van der Waals surface area (Å²) in [5.41, 5.74) is -0.635. The number of piperidine rings is 1. The summed E-state index contributed by atoms with van der Waals surface area (Å²) < 4.78 is 53.0. The number of pyridine rings is 1. The van der Waals surface area contributed by atoms with Crippen LogP contribution in [-0.2, 0) is 15.7 Å². The Kier molecular flexibility index (Phi) is 7.64. The van der Waals surface area contributed by atoms with Crippen molar-refractivity contribution in [3.63, 3.8) is 0 Å². The number of hydrogen-bond donors (Lipinski definition) is 2. The smallest absolute Gasteiger partial charge is 0.434 e. The van der Waals surface area contributed by atoms with E-state index in [1.54, 1.807) is 24.3 Å². The van der Waals surface area contributed by atoms with E-state index in [0.29, 0.717) is 22.4 Å². The van der Waals surface area contributed by atoms with Gasteiger partial charge in [0.05, 0.1) is 22.7 Å². The van der Waals surface area contributed by atoms with Gasteiger partial charge in [0.25, 0.3) is 5.89 Å². The van der Waals surface area contributed by atoms with E-state index in [0.717, 1.165) is 25.6 Å². The largest absolute Gasteiger partial charge is 0.462 e. The van der Waals surface area contributed by atoms with Crippen molar-refractivity contribution in [2.24, 2.45) is 5.92 Å². The van der Waals surface area contributed by atoms with Gasteiger partial charge in [-0.05, 0) is 37.1 Å². The molecule has 3 aromatic heterocycles. The first-order chi connectivity index (χ1) is 18.7. The van der Waals surface area contributed by atoms with E-state index < -0.39 is 23.5 Å². The normalized spacial score (nSPS) is 16.7. The second-order valence-corrected chi connectivity index (χ2v) is 9.32. The Labute approximate surface area is 224 Å². The van der Waals surface area contributed by atoms with Crippen molar-refractivity contribution in [3.05, 3.63) is 65.1 Å². The number of alkyl halides is 3. The second-order valence-electron chi connectivity index (χ2n) is 8.89. The summed E-state index contributed by atoms with van der Waals surface area (Å²) in [6.07, 6.45) is -2.05. The van der Waals surface area contributed by atoms with Gasteiger partial charge in [0, 0.05) is 18.3 Å². The fourth-order valence-electron chi connectivity index (χ4n) is 4.18. The molecule has 0 amide bonds. The number of halogens is 4. The van der Waals surface area contributed by atoms with Crippen molar-refractivity contribution in [1.82, 2.24) is 30.2 Å². The van der Waals surface area contributed by atoms with Gasteiger partial charge in [-0.2, -0.15) is 23.3 Å². The number of aliphatic hydroxyl groups is 1. The zero-order chi connectivity index (χ0) is 27.6. The molecule has 1 fully saturated rings. The molecule has 0 bridgehead atoms. The van der Waals surface area contributed by atoms with Gasteiger partial charge in [-0.1, -0.05) is 41.0 Å². The summed E-state index contributed by atoms with van der Waals surface area (Å²) in [5.74, 6) is -1.02. The number of aromatic nitrogens is 5. The molecule has 204 valence electrons. The lowest BCUT2D eigenvalue weighted by Crippen LogP contribution is -2.35. The number of hydrogen-bond acceptors (Lipinski definition) is 9. The summed E-state index contributed by atoms with van der Waals surface area (Å²) in [6.45, 7) is 1.22. The fraction of sp³-hybridized carbons (Fsp3) is 0.320. The quantitative estimate of drug-likeness (QED) is 0.318. The Balaban J connectivity index is 1.31. The lowest BCUT2D eigenvalue weighted by atomic mass is 10.00. The van der Waals surface area contributed by atoms with Gasteiger partial charge >= 0.3 is 12.1 Å². The molecule has 4 heterocycles. The van der Waals surface area contributed by atoms with E-state index in [9.17, 15) is 23.1 Å². The topological polar surface area (TPSA) is 128 Å². The molecule has 0 spiro atoms. The lowest BCUT2D eigenvalue weighted by molar-refractivity contribution is -0.152. The van der Waals surface area contributed by atoms with Crippen LogP contribution in [0.25, 0.3) is 28.7 Å². The van der Waals surface area contributed by atoms with Crippen molar-refractivity contribution in [3.8, 4) is 28.7 Å². The van der Waals surface area contributed by atoms with Crippen LogP contribution in [-0.4, -0.2) is 55.7 Å². The Hall–Kier alpha value is -3.81. The molecule has 0 radical (unpaired) electrons. The minimum absolute atomic E-state index is 0.0350. The third kappa shape index (κ3) is 5.95. The van der Waals surface area contributed by atoms with Gasteiger partial charge in [-0.15, -0.1) is 0 Å². The summed E-state index contributed by atoms with van der Waals surface area (Å²) in [4.78, 5) is 20.2. The highest BCUT2D eigenvalue weighted by Crippen LogP contribution is 2.38. The van der Waals surface area contributed by atoms with Gasteiger partial charge in [0.1, 0.15) is 12.7 Å². The molecule has 10 nitrogen and oxygen atoms in total. The molecule has 1 unspecified atom stereocenters. The first-order valence-electron chi connectivity index (χ1n) is 12.0. The van der Waals surface area contributed by atoms with Crippen LogP contribution in [0.4, 0.5) is 13.2 Å². The molecule has 39 heavy (non-hydrogen) atoms. The number of carbonyl (C=O) groups is 1. The molecule has 2 atom stereocenters. The van der Waals surface area contributed by atoms with Crippen LogP contribution in [0.5, 0.6) is 0 Å². The number of nitrogens with one attached hydrogen (secondary N) is 1. The average molecular weight is 563 g/mol. The van der Waals surface area contributed by atoms with Crippen LogP contribution in [0.3, 0.4) is 0 Å². The third-order valence-corrected chi connectivity index (χ3v) is 6.41. The van der Waals surface area contributed by atoms with E-state index >= 15 is 0 Å². The lowest BCUT2D eigenvalue weighted by Gasteiger charge is -2.22. The molecule has 4 aromatic rings. The van der Waals surface area contributed by atoms with Gasteiger partial charge in [0.15, 0.2) is 11.5 Å². The monoisotopic (exact) mass is 562 g/mol. The second kappa shape index (κ2) is 11.1. The van der Waals surface area contributed by atoms with Crippen molar-refractivity contribution in [1.29, 1.82) is 0 Å². The van der Waals surface area contributed by atoms with Gasteiger partial charge in [-0.3, -0.25) is 4.79 Å². The first-order valence-corrected chi connectivity index (χ1v) is 12.4. The molecule has 14 heteroatoms. The van der Waals surface area contributed by atoms with Crippen molar-refractivity contribution >= 4 is 17.6 Å². The molecule has 0 aliphatic carbocycles. The van der Waals surface area contributed by atoms with E-state index in [1.807, 2.05) is 0 Å². The predicted octanol–water partition coefficient (Wildman–Crippen LogP) is 4.23. The average Bonchev–Trinajstić information content (AvgIpc) is 3.60. The third-order valence-electron chi connectivity index (χ3n) is 6.19. The maximum Gasteiger partial charge on any atom is 0.434 e. The van der Waals surface area contributed by atoms with E-state index in [4.69, 9.17) is 20.9 Å². The molecule has 1 aliphatic heterocycles. The molecular formula is C25H22ClF3N6O4. The van der Waals surface area contributed by atoms with Crippen LogP contribution < -0.4 is 5.32 Å². The SMILES string of the molecule is O=C(OC[C@@H](O)c1ccc(-c2noc(-c3cnn(-c4ccc(Cl)cn4)c3C(F)(F)F)n2)cc1)C1CCCNC1. The van der Waals surface area contributed by atoms with Gasteiger partial charge in [-0.25, -0.2) is 9.67 Å². The van der Waals surface area contributed by atoms with Crippen LogP contribution in [0, 0.1) is 5.92 Å². The molecule has 1 aromatic carbocycles. The predicted molar refractivity (Wildman–Crippen MR) is 132 cm³/mol. The highest BCUT2D eigenvalue weighted by atomic mass is 35.5. The van der Waals surface area contributed by atoms with Crippen molar-refractivity contribution in [2.45, 2.75) is 25.1 Å². The van der Waals surface area contributed by atoms with E-state index in [1.165, 1.54) is 18.3 Å². The molecule has 1 aliphatic rings. The molecule has 5 rings (SSSR count). The number of benzene rings is 1. The Bertz CT molecular complexity index is 1430. The molecule has 2 N–H and O–H groups in total. The summed E-state index contributed by atoms with van der Waals surface area (Å²) in [6, 6.07) is 9.01. The molecular weight excluding hydrogens is 541 g/mol. The highest BCUT2D eigenvalue weighted by Gasteiger charge is 2.41. The summed E-state index contributed by atoms with van der Waals surface area (Å²) >= 11 is 5.79. The Morgan fingerprint density at radius 3 is 2.69 bits per heavy atom. The fourth-order valence-corrected chi connectivity index (χ4v) is 4.29. The number of aliphatic hydroxyl groups excluding tert-OH is 1. The Morgan fingerprint density at radius 2 is 2.03 bits per heavy atom. The van der Waals surface area contributed by atoms with Crippen LogP contribution in [0.15, 0.2) is 53.3 Å². The number of rotatable bonds is 7. The van der Waals surface area contributed by atoms with E-state index in [-0.39, 0.29) is 41.0 Å². The van der Waals surface area contributed by atoms with Gasteiger partial charge < -0.3 is 19.7 Å². The van der Waals surface area contributed by atoms with Crippen molar-refractivity contribution in [2.75, 3.05) is 19.7 Å². The zero-order valence-electron chi connectivity index (χ0n) is 20.2. The van der Waals surface area contributed by atoms with Crippen molar-refractivity contribution < 1.29 is 32.3 Å². The maximum absolute atomic E-state index is 14.0. The van der Waals surface area contributed by atoms with E-state index in [2.05, 4.69) is 25.5 Å². The number of carbonyl (C=O) groups excluding carboxylic acids is 1. The Morgan fingerprint density at radius 1 is 1.23 bits per heavy atom. The number of nitrogens with zero attached hydrogens (tertiary/aromatic N) is 5. The zero-order valence-corrected chi connectivity index (χ0v) is 21.0.